The van der Waals surface area contributed by atoms with Crippen molar-refractivity contribution in [2.24, 2.45) is 5.92 Å². The Bertz CT molecular complexity index is 545. The quantitative estimate of drug-likeness (QED) is 0.887. The number of amides is 1. The summed E-state index contributed by atoms with van der Waals surface area (Å²) in [6.07, 6.45) is 0.484. The molecule has 1 amide bonds. The molecule has 0 aliphatic carbocycles. The third kappa shape index (κ3) is 3.75. The van der Waals surface area contributed by atoms with Gasteiger partial charge in [-0.2, -0.15) is 0 Å². The van der Waals surface area contributed by atoms with Crippen LogP contribution in [0.1, 0.15) is 13.3 Å². The van der Waals surface area contributed by atoms with Crippen LogP contribution in [0, 0.1) is 17.6 Å². The van der Waals surface area contributed by atoms with E-state index in [9.17, 15) is 18.4 Å². The number of carbonyl (C=O) groups excluding carboxylic acids is 1. The molecule has 1 aliphatic heterocycles. The first kappa shape index (κ1) is 15.4. The van der Waals surface area contributed by atoms with E-state index >= 15 is 0 Å². The van der Waals surface area contributed by atoms with Gasteiger partial charge in [0.05, 0.1) is 12.5 Å². The fraction of sp³-hybridized carbons (Fsp3) is 0.429. The summed E-state index contributed by atoms with van der Waals surface area (Å²) in [5.41, 5.74) is 0.0409. The number of nitrogens with zero attached hydrogens (tertiary/aromatic N) is 1. The smallest absolute Gasteiger partial charge is 0.308 e. The number of halogens is 2. The van der Waals surface area contributed by atoms with E-state index in [0.717, 1.165) is 18.2 Å². The first-order chi connectivity index (χ1) is 9.86. The molecule has 2 atom stereocenters. The normalized spacial score (nSPS) is 22.2. The van der Waals surface area contributed by atoms with Crippen LogP contribution in [0.3, 0.4) is 0 Å². The molecule has 0 spiro atoms. The van der Waals surface area contributed by atoms with Crippen molar-refractivity contribution in [1.29, 1.82) is 0 Å². The van der Waals surface area contributed by atoms with E-state index in [-0.39, 0.29) is 18.3 Å². The first-order valence-electron chi connectivity index (χ1n) is 6.59. The summed E-state index contributed by atoms with van der Waals surface area (Å²) in [4.78, 5) is 24.6. The highest BCUT2D eigenvalue weighted by molar-refractivity contribution is 5.92. The number of carbonyl (C=O) groups is 2. The largest absolute Gasteiger partial charge is 0.481 e. The standard InChI is InChI=1S/C14H16F2N2O3/c1-8-12(14(20)21)2-3-18(8)7-13(19)17-11-5-9(15)4-10(16)6-11/h4-6,8,12H,2-3,7H2,1H3,(H,17,19)(H,20,21). The first-order valence-corrected chi connectivity index (χ1v) is 6.59. The molecule has 1 heterocycles. The fourth-order valence-corrected chi connectivity index (χ4v) is 2.57. The Morgan fingerprint density at radius 1 is 1.33 bits per heavy atom. The van der Waals surface area contributed by atoms with Crippen LogP contribution in [0.5, 0.6) is 0 Å². The van der Waals surface area contributed by atoms with Crippen LogP contribution in [0.2, 0.25) is 0 Å². The maximum Gasteiger partial charge on any atom is 0.308 e. The zero-order valence-corrected chi connectivity index (χ0v) is 11.5. The fourth-order valence-electron chi connectivity index (χ4n) is 2.57. The minimum absolute atomic E-state index is 0.0108. The summed E-state index contributed by atoms with van der Waals surface area (Å²) in [5.74, 6) is -3.35. The number of likely N-dealkylation sites (tertiary alicyclic amines) is 1. The molecule has 2 N–H and O–H groups in total. The lowest BCUT2D eigenvalue weighted by Crippen LogP contribution is -2.38. The number of carboxylic acid groups (broad SMARTS) is 1. The summed E-state index contributed by atoms with van der Waals surface area (Å²) < 4.78 is 26.0. The number of hydrogen-bond donors (Lipinski definition) is 2. The van der Waals surface area contributed by atoms with Crippen molar-refractivity contribution in [2.75, 3.05) is 18.4 Å². The van der Waals surface area contributed by atoms with Crippen molar-refractivity contribution in [3.8, 4) is 0 Å². The van der Waals surface area contributed by atoms with Gasteiger partial charge < -0.3 is 10.4 Å². The van der Waals surface area contributed by atoms with Gasteiger partial charge >= 0.3 is 5.97 Å². The van der Waals surface area contributed by atoms with Crippen molar-refractivity contribution < 1.29 is 23.5 Å². The average Bonchev–Trinajstić information content (AvgIpc) is 2.69. The van der Waals surface area contributed by atoms with Crippen LogP contribution >= 0.6 is 0 Å². The molecule has 1 aromatic rings. The molecule has 1 fully saturated rings. The van der Waals surface area contributed by atoms with Crippen molar-refractivity contribution in [3.05, 3.63) is 29.8 Å². The molecular formula is C14H16F2N2O3. The zero-order chi connectivity index (χ0) is 15.6. The second kappa shape index (κ2) is 6.17. The van der Waals surface area contributed by atoms with Gasteiger partial charge in [0.25, 0.3) is 0 Å². The Balaban J connectivity index is 1.95. The monoisotopic (exact) mass is 298 g/mol. The van der Waals surface area contributed by atoms with Crippen molar-refractivity contribution in [2.45, 2.75) is 19.4 Å². The molecule has 114 valence electrons. The molecule has 2 rings (SSSR count). The van der Waals surface area contributed by atoms with Gasteiger partial charge in [-0.3, -0.25) is 14.5 Å². The molecular weight excluding hydrogens is 282 g/mol. The Morgan fingerprint density at radius 3 is 2.48 bits per heavy atom. The van der Waals surface area contributed by atoms with E-state index in [0.29, 0.717) is 13.0 Å². The van der Waals surface area contributed by atoms with Gasteiger partial charge in [0.15, 0.2) is 0 Å². The van der Waals surface area contributed by atoms with Gasteiger partial charge in [-0.25, -0.2) is 8.78 Å². The second-order valence-electron chi connectivity index (χ2n) is 5.15. The van der Waals surface area contributed by atoms with Crippen molar-refractivity contribution in [3.63, 3.8) is 0 Å². The van der Waals surface area contributed by atoms with Crippen LogP contribution in [0.4, 0.5) is 14.5 Å². The molecule has 0 aromatic heterocycles. The third-order valence-corrected chi connectivity index (χ3v) is 3.70. The number of carboxylic acids is 1. The topological polar surface area (TPSA) is 69.6 Å². The number of rotatable bonds is 4. The van der Waals surface area contributed by atoms with Crippen LogP contribution in [0.25, 0.3) is 0 Å². The van der Waals surface area contributed by atoms with Gasteiger partial charge in [0.1, 0.15) is 11.6 Å². The predicted octanol–water partition coefficient (Wildman–Crippen LogP) is 1.70. The Morgan fingerprint density at radius 2 is 1.95 bits per heavy atom. The molecule has 7 heteroatoms. The number of nitrogens with one attached hydrogen (secondary N) is 1. The van der Waals surface area contributed by atoms with Gasteiger partial charge in [0, 0.05) is 17.8 Å². The van der Waals surface area contributed by atoms with Gasteiger partial charge in [-0.15, -0.1) is 0 Å². The molecule has 1 saturated heterocycles. The predicted molar refractivity (Wildman–Crippen MR) is 71.8 cm³/mol. The lowest BCUT2D eigenvalue weighted by molar-refractivity contribution is -0.142. The molecule has 2 unspecified atom stereocenters. The molecule has 5 nitrogen and oxygen atoms in total. The molecule has 1 aliphatic rings. The van der Waals surface area contributed by atoms with E-state index in [2.05, 4.69) is 5.32 Å². The van der Waals surface area contributed by atoms with Crippen LogP contribution in [-0.4, -0.2) is 41.0 Å². The third-order valence-electron chi connectivity index (χ3n) is 3.70. The number of anilines is 1. The van der Waals surface area contributed by atoms with Crippen molar-refractivity contribution in [1.82, 2.24) is 4.90 Å². The maximum atomic E-state index is 13.0. The molecule has 0 bridgehead atoms. The second-order valence-corrected chi connectivity index (χ2v) is 5.15. The van der Waals surface area contributed by atoms with Gasteiger partial charge in [0.2, 0.25) is 5.91 Å². The average molecular weight is 298 g/mol. The minimum atomic E-state index is -0.877. The summed E-state index contributed by atoms with van der Waals surface area (Å²) in [6.45, 7) is 2.24. The lowest BCUT2D eigenvalue weighted by Gasteiger charge is -2.22. The highest BCUT2D eigenvalue weighted by atomic mass is 19.1. The van der Waals surface area contributed by atoms with Crippen LogP contribution in [-0.2, 0) is 9.59 Å². The molecule has 0 saturated carbocycles. The van der Waals surface area contributed by atoms with E-state index < -0.39 is 29.4 Å². The number of aliphatic carboxylic acids is 1. The van der Waals surface area contributed by atoms with Crippen LogP contribution in [0.15, 0.2) is 18.2 Å². The van der Waals surface area contributed by atoms with Gasteiger partial charge in [-0.1, -0.05) is 0 Å². The van der Waals surface area contributed by atoms with E-state index in [1.54, 1.807) is 11.8 Å². The summed E-state index contributed by atoms with van der Waals surface area (Å²) in [7, 11) is 0. The minimum Gasteiger partial charge on any atom is -0.481 e. The Hall–Kier alpha value is -2.02. The Labute approximate surface area is 120 Å². The highest BCUT2D eigenvalue weighted by Crippen LogP contribution is 2.24. The number of benzene rings is 1. The van der Waals surface area contributed by atoms with Crippen LogP contribution < -0.4 is 5.32 Å². The van der Waals surface area contributed by atoms with E-state index in [4.69, 9.17) is 5.11 Å². The highest BCUT2D eigenvalue weighted by Gasteiger charge is 2.36. The van der Waals surface area contributed by atoms with E-state index in [1.807, 2.05) is 0 Å². The number of hydrogen-bond acceptors (Lipinski definition) is 3. The maximum absolute atomic E-state index is 13.0. The zero-order valence-electron chi connectivity index (χ0n) is 11.5. The summed E-state index contributed by atoms with van der Waals surface area (Å²) in [6, 6.07) is 2.51. The van der Waals surface area contributed by atoms with E-state index in [1.165, 1.54) is 0 Å². The molecule has 1 aromatic carbocycles. The summed E-state index contributed by atoms with van der Waals surface area (Å²) >= 11 is 0. The van der Waals surface area contributed by atoms with Gasteiger partial charge in [-0.05, 0) is 32.0 Å². The Kier molecular flexibility index (Phi) is 4.52. The summed E-state index contributed by atoms with van der Waals surface area (Å²) in [5, 5.41) is 11.4. The lowest BCUT2D eigenvalue weighted by atomic mass is 10.0. The molecule has 0 radical (unpaired) electrons. The van der Waals surface area contributed by atoms with Crippen molar-refractivity contribution >= 4 is 17.6 Å². The SMILES string of the molecule is CC1C(C(=O)O)CCN1CC(=O)Nc1cc(F)cc(F)c1. The molecule has 21 heavy (non-hydrogen) atoms.